The molecule has 3 atom stereocenters. The molecule has 0 radical (unpaired) electrons. The Bertz CT molecular complexity index is 445. The summed E-state index contributed by atoms with van der Waals surface area (Å²) < 4.78 is 0. The van der Waals surface area contributed by atoms with Crippen molar-refractivity contribution in [3.63, 3.8) is 0 Å². The summed E-state index contributed by atoms with van der Waals surface area (Å²) in [7, 11) is 0. The summed E-state index contributed by atoms with van der Waals surface area (Å²) in [5, 5.41) is 3.01. The Morgan fingerprint density at radius 1 is 1.12 bits per heavy atom. The first kappa shape index (κ1) is 23.9. The zero-order valence-electron chi connectivity index (χ0n) is 16.4. The summed E-state index contributed by atoms with van der Waals surface area (Å²) in [5.41, 5.74) is 2.85. The van der Waals surface area contributed by atoms with Gasteiger partial charge in [-0.05, 0) is 45.4 Å². The maximum absolute atomic E-state index is 12.3. The van der Waals surface area contributed by atoms with Crippen LogP contribution in [0.3, 0.4) is 0 Å². The van der Waals surface area contributed by atoms with Crippen molar-refractivity contribution in [3.05, 3.63) is 23.8 Å². The molecular weight excluding hydrogens is 334 g/mol. The predicted octanol–water partition coefficient (Wildman–Crippen LogP) is 5.78. The van der Waals surface area contributed by atoms with Gasteiger partial charge in [0.05, 0.1) is 0 Å². The van der Waals surface area contributed by atoms with E-state index >= 15 is 0 Å². The van der Waals surface area contributed by atoms with Crippen LogP contribution >= 0.6 is 11.6 Å². The van der Waals surface area contributed by atoms with Crippen LogP contribution in [-0.2, 0) is 9.59 Å². The van der Waals surface area contributed by atoms with E-state index < -0.39 is 0 Å². The Labute approximate surface area is 159 Å². The maximum atomic E-state index is 12.3. The molecule has 1 N–H and O–H groups in total. The molecule has 0 aliphatic heterocycles. The van der Waals surface area contributed by atoms with Crippen LogP contribution in [0.15, 0.2) is 23.8 Å². The van der Waals surface area contributed by atoms with E-state index in [1.165, 1.54) is 5.57 Å². The van der Waals surface area contributed by atoms with Gasteiger partial charge in [-0.25, -0.2) is 0 Å². The molecule has 0 unspecified atom stereocenters. The number of nitrogens with one attached hydrogen (secondary N) is 1. The normalized spacial score (nSPS) is 15.3. The Kier molecular flexibility index (Phi) is 13.5. The van der Waals surface area contributed by atoms with Crippen LogP contribution in [0.5, 0.6) is 0 Å². The van der Waals surface area contributed by atoms with Gasteiger partial charge in [-0.3, -0.25) is 9.59 Å². The molecular formula is C21H36ClNO2. The lowest BCUT2D eigenvalue weighted by molar-refractivity contribution is -0.127. The van der Waals surface area contributed by atoms with Crippen molar-refractivity contribution in [2.75, 3.05) is 0 Å². The highest BCUT2D eigenvalue weighted by Crippen LogP contribution is 2.18. The molecule has 0 saturated carbocycles. The van der Waals surface area contributed by atoms with E-state index in [-0.39, 0.29) is 29.6 Å². The Morgan fingerprint density at radius 2 is 1.80 bits per heavy atom. The van der Waals surface area contributed by atoms with Gasteiger partial charge < -0.3 is 5.32 Å². The zero-order chi connectivity index (χ0) is 19.2. The van der Waals surface area contributed by atoms with E-state index in [0.29, 0.717) is 12.8 Å². The van der Waals surface area contributed by atoms with Gasteiger partial charge in [0.2, 0.25) is 5.91 Å². The van der Waals surface area contributed by atoms with Crippen molar-refractivity contribution in [1.82, 2.24) is 5.32 Å². The highest BCUT2D eigenvalue weighted by Gasteiger charge is 2.21. The van der Waals surface area contributed by atoms with Gasteiger partial charge >= 0.3 is 0 Å². The monoisotopic (exact) mass is 369 g/mol. The molecule has 0 aromatic carbocycles. The fourth-order valence-corrected chi connectivity index (χ4v) is 3.30. The van der Waals surface area contributed by atoms with Crippen molar-refractivity contribution in [2.24, 2.45) is 11.8 Å². The summed E-state index contributed by atoms with van der Waals surface area (Å²) in [6.45, 7) is 11.7. The Balaban J connectivity index is 4.14. The fourth-order valence-electron chi connectivity index (χ4n) is 3.08. The molecule has 25 heavy (non-hydrogen) atoms. The van der Waals surface area contributed by atoms with Crippen LogP contribution < -0.4 is 5.32 Å². The second kappa shape index (κ2) is 14.1. The molecule has 4 heteroatoms. The van der Waals surface area contributed by atoms with Gasteiger partial charge in [-0.1, -0.05) is 50.4 Å². The SMILES string of the molecule is C=CCC[C@H](C)C(=O)[C@H](C)C[C@H](C)NC(=O)CCC/C(=C/Cl)CCC. The number of hydrogen-bond acceptors (Lipinski definition) is 2. The van der Waals surface area contributed by atoms with Crippen LogP contribution in [0.1, 0.15) is 79.1 Å². The van der Waals surface area contributed by atoms with Gasteiger partial charge in [0, 0.05) is 29.8 Å². The topological polar surface area (TPSA) is 46.2 Å². The van der Waals surface area contributed by atoms with Crippen LogP contribution in [-0.4, -0.2) is 17.7 Å². The number of amides is 1. The van der Waals surface area contributed by atoms with Crippen molar-refractivity contribution in [3.8, 4) is 0 Å². The summed E-state index contributed by atoms with van der Waals surface area (Å²) >= 11 is 5.79. The van der Waals surface area contributed by atoms with E-state index in [1.54, 1.807) is 5.54 Å². The van der Waals surface area contributed by atoms with Gasteiger partial charge in [0.15, 0.2) is 0 Å². The fraction of sp³-hybridized carbons (Fsp3) is 0.714. The first-order valence-electron chi connectivity index (χ1n) is 9.57. The lowest BCUT2D eigenvalue weighted by atomic mass is 9.88. The predicted molar refractivity (Wildman–Crippen MR) is 108 cm³/mol. The molecule has 0 aliphatic carbocycles. The number of allylic oxidation sites excluding steroid dienone is 2. The number of carbonyl (C=O) groups excluding carboxylic acids is 2. The first-order valence-corrected chi connectivity index (χ1v) is 10.0. The number of carbonyl (C=O) groups is 2. The van der Waals surface area contributed by atoms with Gasteiger partial charge in [-0.15, -0.1) is 6.58 Å². The minimum atomic E-state index is -0.0366. The molecule has 0 fully saturated rings. The molecule has 0 spiro atoms. The van der Waals surface area contributed by atoms with Crippen molar-refractivity contribution >= 4 is 23.3 Å². The molecule has 1 amide bonds. The van der Waals surface area contributed by atoms with Crippen LogP contribution in [0, 0.1) is 11.8 Å². The van der Waals surface area contributed by atoms with Crippen molar-refractivity contribution < 1.29 is 9.59 Å². The lowest BCUT2D eigenvalue weighted by Crippen LogP contribution is -2.35. The minimum absolute atomic E-state index is 0.0109. The van der Waals surface area contributed by atoms with E-state index in [9.17, 15) is 9.59 Å². The average Bonchev–Trinajstić information content (AvgIpc) is 2.57. The molecule has 0 aromatic heterocycles. The molecule has 0 aliphatic rings. The maximum Gasteiger partial charge on any atom is 0.220 e. The zero-order valence-corrected chi connectivity index (χ0v) is 17.2. The quantitative estimate of drug-likeness (QED) is 0.394. The molecule has 0 aromatic rings. The van der Waals surface area contributed by atoms with E-state index in [2.05, 4.69) is 18.8 Å². The van der Waals surface area contributed by atoms with Crippen molar-refractivity contribution in [1.29, 1.82) is 0 Å². The third-order valence-electron chi connectivity index (χ3n) is 4.52. The smallest absolute Gasteiger partial charge is 0.220 e. The largest absolute Gasteiger partial charge is 0.354 e. The first-order chi connectivity index (χ1) is 11.8. The second-order valence-electron chi connectivity index (χ2n) is 7.15. The summed E-state index contributed by atoms with van der Waals surface area (Å²) in [5.74, 6) is 0.345. The molecule has 144 valence electrons. The number of halogens is 1. The number of rotatable bonds is 14. The second-order valence-corrected chi connectivity index (χ2v) is 7.36. The van der Waals surface area contributed by atoms with Gasteiger partial charge in [-0.2, -0.15) is 0 Å². The van der Waals surface area contributed by atoms with Crippen LogP contribution in [0.2, 0.25) is 0 Å². The van der Waals surface area contributed by atoms with Crippen molar-refractivity contribution in [2.45, 2.75) is 85.1 Å². The Hall–Kier alpha value is -1.09. The lowest BCUT2D eigenvalue weighted by Gasteiger charge is -2.20. The summed E-state index contributed by atoms with van der Waals surface area (Å²) in [4.78, 5) is 24.4. The third-order valence-corrected chi connectivity index (χ3v) is 4.83. The average molecular weight is 370 g/mol. The van der Waals surface area contributed by atoms with E-state index in [1.807, 2.05) is 26.8 Å². The highest BCUT2D eigenvalue weighted by atomic mass is 35.5. The molecule has 0 bridgehead atoms. The Morgan fingerprint density at radius 3 is 2.36 bits per heavy atom. The van der Waals surface area contributed by atoms with E-state index in [0.717, 1.165) is 38.5 Å². The van der Waals surface area contributed by atoms with Gasteiger partial charge in [0.1, 0.15) is 5.78 Å². The van der Waals surface area contributed by atoms with Gasteiger partial charge in [0.25, 0.3) is 0 Å². The standard InChI is InChI=1S/C21H36ClNO2/c1-6-8-11-16(3)21(25)17(4)14-18(5)23-20(24)13-9-12-19(15-22)10-7-2/h6,15-18H,1,7-14H2,2-5H3,(H,23,24)/b19-15+/t16-,17+,18-/m0/s1. The summed E-state index contributed by atoms with van der Waals surface area (Å²) in [6.07, 6.45) is 8.49. The third kappa shape index (κ3) is 11.2. The molecule has 0 heterocycles. The minimum Gasteiger partial charge on any atom is -0.354 e. The number of hydrogen-bond donors (Lipinski definition) is 1. The molecule has 0 saturated heterocycles. The molecule has 3 nitrogen and oxygen atoms in total. The van der Waals surface area contributed by atoms with E-state index in [4.69, 9.17) is 11.6 Å². The highest BCUT2D eigenvalue weighted by molar-refractivity contribution is 6.25. The van der Waals surface area contributed by atoms with Crippen LogP contribution in [0.4, 0.5) is 0 Å². The number of Topliss-reactive ketones (excluding diaryl/α,β-unsaturated/α-hetero) is 1. The van der Waals surface area contributed by atoms with Crippen LogP contribution in [0.25, 0.3) is 0 Å². The molecule has 0 rings (SSSR count). The number of ketones is 1. The summed E-state index contributed by atoms with van der Waals surface area (Å²) in [6, 6.07) is 0.0109.